The molecule has 0 aliphatic heterocycles. The molecule has 0 amide bonds. The molecule has 2 N–H and O–H groups in total. The van der Waals surface area contributed by atoms with E-state index in [1.165, 1.54) is 21.9 Å². The van der Waals surface area contributed by atoms with Crippen LogP contribution in [0.1, 0.15) is 24.1 Å². The Morgan fingerprint density at radius 2 is 1.50 bits per heavy atom. The SMILES string of the molecule is C[C@@H]([NH2+]Cc1ccccc1)c1ccc2ccccc2c1. The van der Waals surface area contributed by atoms with Gasteiger partial charge in [-0.1, -0.05) is 66.7 Å². The van der Waals surface area contributed by atoms with Crippen molar-refractivity contribution in [2.75, 3.05) is 0 Å². The largest absolute Gasteiger partial charge is 0.337 e. The minimum Gasteiger partial charge on any atom is -0.337 e. The van der Waals surface area contributed by atoms with E-state index in [-0.39, 0.29) is 0 Å². The molecule has 20 heavy (non-hydrogen) atoms. The number of hydrogen-bond acceptors (Lipinski definition) is 0. The first-order valence-corrected chi connectivity index (χ1v) is 7.19. The lowest BCUT2D eigenvalue weighted by molar-refractivity contribution is -0.707. The van der Waals surface area contributed by atoms with E-state index in [4.69, 9.17) is 0 Å². The van der Waals surface area contributed by atoms with Crippen molar-refractivity contribution in [3.8, 4) is 0 Å². The van der Waals surface area contributed by atoms with Crippen molar-refractivity contribution in [1.82, 2.24) is 0 Å². The number of quaternary nitrogens is 1. The van der Waals surface area contributed by atoms with Gasteiger partial charge < -0.3 is 5.32 Å². The second-order valence-corrected chi connectivity index (χ2v) is 5.32. The topological polar surface area (TPSA) is 16.6 Å². The maximum atomic E-state index is 2.39. The zero-order valence-electron chi connectivity index (χ0n) is 11.8. The third-order valence-electron chi connectivity index (χ3n) is 3.85. The van der Waals surface area contributed by atoms with Gasteiger partial charge in [0.15, 0.2) is 0 Å². The van der Waals surface area contributed by atoms with Crippen LogP contribution in [0.25, 0.3) is 10.8 Å². The number of fused-ring (bicyclic) bond motifs is 1. The number of hydrogen-bond donors (Lipinski definition) is 1. The van der Waals surface area contributed by atoms with E-state index < -0.39 is 0 Å². The fourth-order valence-corrected chi connectivity index (χ4v) is 2.55. The van der Waals surface area contributed by atoms with E-state index >= 15 is 0 Å². The molecular formula is C19H20N+. The Labute approximate surface area is 120 Å². The molecule has 1 nitrogen and oxygen atoms in total. The summed E-state index contributed by atoms with van der Waals surface area (Å²) in [6.45, 7) is 3.29. The van der Waals surface area contributed by atoms with Gasteiger partial charge in [0.05, 0.1) is 0 Å². The fourth-order valence-electron chi connectivity index (χ4n) is 2.55. The molecule has 100 valence electrons. The molecule has 0 fully saturated rings. The van der Waals surface area contributed by atoms with Gasteiger partial charge >= 0.3 is 0 Å². The van der Waals surface area contributed by atoms with E-state index in [2.05, 4.69) is 85.0 Å². The number of nitrogens with two attached hydrogens (primary N) is 1. The minimum absolute atomic E-state index is 0.472. The highest BCUT2D eigenvalue weighted by molar-refractivity contribution is 5.83. The predicted octanol–water partition coefficient (Wildman–Crippen LogP) is 3.66. The zero-order valence-corrected chi connectivity index (χ0v) is 11.8. The van der Waals surface area contributed by atoms with Gasteiger partial charge in [0, 0.05) is 11.1 Å². The Morgan fingerprint density at radius 1 is 0.800 bits per heavy atom. The maximum Gasteiger partial charge on any atom is 0.109 e. The summed E-state index contributed by atoms with van der Waals surface area (Å²) in [4.78, 5) is 0. The van der Waals surface area contributed by atoms with E-state index in [9.17, 15) is 0 Å². The smallest absolute Gasteiger partial charge is 0.109 e. The minimum atomic E-state index is 0.472. The summed E-state index contributed by atoms with van der Waals surface area (Å²) in [7, 11) is 0. The molecule has 0 saturated heterocycles. The molecule has 0 heterocycles. The van der Waals surface area contributed by atoms with Crippen LogP contribution in [-0.4, -0.2) is 0 Å². The van der Waals surface area contributed by atoms with Gasteiger partial charge in [0.1, 0.15) is 12.6 Å². The van der Waals surface area contributed by atoms with Gasteiger partial charge in [0.25, 0.3) is 0 Å². The van der Waals surface area contributed by atoms with Crippen molar-refractivity contribution >= 4 is 10.8 Å². The first-order valence-electron chi connectivity index (χ1n) is 7.19. The average Bonchev–Trinajstić information content (AvgIpc) is 2.53. The lowest BCUT2D eigenvalue weighted by Gasteiger charge is -2.12. The summed E-state index contributed by atoms with van der Waals surface area (Å²) >= 11 is 0. The molecule has 3 rings (SSSR count). The van der Waals surface area contributed by atoms with Crippen molar-refractivity contribution in [2.45, 2.75) is 19.5 Å². The molecule has 0 aromatic heterocycles. The van der Waals surface area contributed by atoms with Gasteiger partial charge in [0.2, 0.25) is 0 Å². The van der Waals surface area contributed by atoms with E-state index in [0.29, 0.717) is 6.04 Å². The lowest BCUT2D eigenvalue weighted by atomic mass is 10.0. The fraction of sp³-hybridized carbons (Fsp3) is 0.158. The van der Waals surface area contributed by atoms with Crippen molar-refractivity contribution in [3.63, 3.8) is 0 Å². The van der Waals surface area contributed by atoms with Gasteiger partial charge in [-0.3, -0.25) is 0 Å². The normalized spacial score (nSPS) is 12.4. The molecular weight excluding hydrogens is 242 g/mol. The Kier molecular flexibility index (Phi) is 3.80. The lowest BCUT2D eigenvalue weighted by Crippen LogP contribution is -2.83. The molecule has 1 atom stereocenters. The van der Waals surface area contributed by atoms with Crippen molar-refractivity contribution in [1.29, 1.82) is 0 Å². The van der Waals surface area contributed by atoms with Crippen LogP contribution in [0, 0.1) is 0 Å². The molecule has 0 aliphatic rings. The summed E-state index contributed by atoms with van der Waals surface area (Å²) in [6.07, 6.45) is 0. The summed E-state index contributed by atoms with van der Waals surface area (Å²) in [6, 6.07) is 26.4. The Morgan fingerprint density at radius 3 is 2.30 bits per heavy atom. The first kappa shape index (κ1) is 12.9. The molecule has 0 spiro atoms. The van der Waals surface area contributed by atoms with E-state index in [1.54, 1.807) is 0 Å². The number of benzene rings is 3. The highest BCUT2D eigenvalue weighted by Crippen LogP contribution is 2.18. The van der Waals surface area contributed by atoms with Gasteiger partial charge in [-0.25, -0.2) is 0 Å². The third kappa shape index (κ3) is 2.89. The Bertz CT molecular complexity index is 688. The highest BCUT2D eigenvalue weighted by atomic mass is 14.9. The van der Waals surface area contributed by atoms with Crippen LogP contribution in [0.2, 0.25) is 0 Å². The van der Waals surface area contributed by atoms with Crippen LogP contribution in [0.15, 0.2) is 72.8 Å². The summed E-state index contributed by atoms with van der Waals surface area (Å²) in [5, 5.41) is 5.02. The van der Waals surface area contributed by atoms with Crippen molar-refractivity contribution in [2.24, 2.45) is 0 Å². The highest BCUT2D eigenvalue weighted by Gasteiger charge is 2.08. The maximum absolute atomic E-state index is 2.39. The van der Waals surface area contributed by atoms with Gasteiger partial charge in [-0.2, -0.15) is 0 Å². The summed E-state index contributed by atoms with van der Waals surface area (Å²) in [5.41, 5.74) is 2.76. The summed E-state index contributed by atoms with van der Waals surface area (Å²) in [5.74, 6) is 0. The van der Waals surface area contributed by atoms with Crippen LogP contribution in [0.4, 0.5) is 0 Å². The molecule has 3 aromatic carbocycles. The quantitative estimate of drug-likeness (QED) is 0.739. The summed E-state index contributed by atoms with van der Waals surface area (Å²) < 4.78 is 0. The van der Waals surface area contributed by atoms with Crippen LogP contribution < -0.4 is 5.32 Å². The van der Waals surface area contributed by atoms with Crippen molar-refractivity contribution in [3.05, 3.63) is 83.9 Å². The monoisotopic (exact) mass is 262 g/mol. The molecule has 0 saturated carbocycles. The first-order chi connectivity index (χ1) is 9.83. The van der Waals surface area contributed by atoms with E-state index in [1.807, 2.05) is 0 Å². The van der Waals surface area contributed by atoms with Crippen LogP contribution in [-0.2, 0) is 6.54 Å². The van der Waals surface area contributed by atoms with Gasteiger partial charge in [-0.05, 0) is 23.8 Å². The van der Waals surface area contributed by atoms with Crippen LogP contribution >= 0.6 is 0 Å². The Hall–Kier alpha value is -2.12. The molecule has 0 bridgehead atoms. The molecule has 0 radical (unpaired) electrons. The van der Waals surface area contributed by atoms with Crippen LogP contribution in [0.3, 0.4) is 0 Å². The second-order valence-electron chi connectivity index (χ2n) is 5.32. The number of rotatable bonds is 4. The molecule has 0 aliphatic carbocycles. The molecule has 0 unspecified atom stereocenters. The third-order valence-corrected chi connectivity index (χ3v) is 3.85. The predicted molar refractivity (Wildman–Crippen MR) is 84.4 cm³/mol. The Balaban J connectivity index is 1.73. The second kappa shape index (κ2) is 5.89. The average molecular weight is 262 g/mol. The standard InChI is InChI=1S/C19H19N/c1-15(20-14-16-7-3-2-4-8-16)18-12-11-17-9-5-6-10-19(17)13-18/h2-13,15,20H,14H2,1H3/p+1/t15-/m1/s1. The molecule has 3 aromatic rings. The van der Waals surface area contributed by atoms with Crippen molar-refractivity contribution < 1.29 is 5.32 Å². The van der Waals surface area contributed by atoms with E-state index in [0.717, 1.165) is 6.54 Å². The molecule has 1 heteroatoms. The van der Waals surface area contributed by atoms with Gasteiger partial charge in [-0.15, -0.1) is 0 Å². The van der Waals surface area contributed by atoms with Crippen LogP contribution in [0.5, 0.6) is 0 Å². The zero-order chi connectivity index (χ0) is 13.8.